The molecule has 1 aromatic carbocycles. The van der Waals surface area contributed by atoms with Crippen LogP contribution in [0.15, 0.2) is 48.2 Å². The molecule has 3 rings (SSSR count). The molecule has 2 heterocycles. The summed E-state index contributed by atoms with van der Waals surface area (Å²) in [4.78, 5) is 51.5. The maximum absolute atomic E-state index is 13.2. The number of amides is 4. The Hall–Kier alpha value is -3.73. The van der Waals surface area contributed by atoms with Gasteiger partial charge in [-0.05, 0) is 5.56 Å². The molecule has 1 atom stereocenters. The molecule has 11 heteroatoms. The highest BCUT2D eigenvalue weighted by molar-refractivity contribution is 6.03. The van der Waals surface area contributed by atoms with E-state index in [2.05, 4.69) is 17.2 Å². The second-order valence-corrected chi connectivity index (χ2v) is 7.00. The van der Waals surface area contributed by atoms with Gasteiger partial charge in [0.05, 0.1) is 35.4 Å². The van der Waals surface area contributed by atoms with Gasteiger partial charge >= 0.3 is 6.03 Å². The maximum atomic E-state index is 13.2. The Kier molecular flexibility index (Phi) is 6.65. The van der Waals surface area contributed by atoms with E-state index >= 15 is 0 Å². The number of nitrogens with one attached hydrogen (secondary N) is 2. The summed E-state index contributed by atoms with van der Waals surface area (Å²) in [6.45, 7) is 4.35. The summed E-state index contributed by atoms with van der Waals surface area (Å²) in [5, 5.41) is 16.6. The van der Waals surface area contributed by atoms with E-state index in [1.807, 2.05) is 0 Å². The molecule has 2 N–H and O–H groups in total. The van der Waals surface area contributed by atoms with E-state index in [0.717, 1.165) is 0 Å². The van der Waals surface area contributed by atoms with Gasteiger partial charge in [0.2, 0.25) is 5.91 Å². The van der Waals surface area contributed by atoms with Gasteiger partial charge in [-0.2, -0.15) is 0 Å². The van der Waals surface area contributed by atoms with Crippen molar-refractivity contribution in [3.63, 3.8) is 0 Å². The quantitative estimate of drug-likeness (QED) is 0.257. The van der Waals surface area contributed by atoms with Gasteiger partial charge in [0.25, 0.3) is 11.6 Å². The normalized spacial score (nSPS) is 18.0. The van der Waals surface area contributed by atoms with Crippen LogP contribution in [-0.2, 0) is 14.3 Å². The molecular formula is C20H23N5O6. The number of urea groups is 1. The highest BCUT2D eigenvalue weighted by Crippen LogP contribution is 2.36. The zero-order chi connectivity index (χ0) is 22.5. The Morgan fingerprint density at radius 1 is 1.45 bits per heavy atom. The monoisotopic (exact) mass is 429 g/mol. The number of hydrogen-bond donors (Lipinski definition) is 2. The van der Waals surface area contributed by atoms with Gasteiger partial charge in [0, 0.05) is 32.3 Å². The molecule has 4 amide bonds. The summed E-state index contributed by atoms with van der Waals surface area (Å²) in [5.74, 6) is -0.769. The lowest BCUT2D eigenvalue weighted by molar-refractivity contribution is -0.384. The van der Waals surface area contributed by atoms with Crippen LogP contribution in [0.25, 0.3) is 0 Å². The predicted molar refractivity (Wildman–Crippen MR) is 110 cm³/mol. The Morgan fingerprint density at radius 2 is 2.23 bits per heavy atom. The lowest BCUT2D eigenvalue weighted by Gasteiger charge is -2.32. The van der Waals surface area contributed by atoms with Gasteiger partial charge in [-0.25, -0.2) is 4.79 Å². The number of methoxy groups -OCH3 is 1. The highest BCUT2D eigenvalue weighted by atomic mass is 16.6. The van der Waals surface area contributed by atoms with Crippen LogP contribution in [0, 0.1) is 10.1 Å². The average Bonchev–Trinajstić information content (AvgIpc) is 3.06. The van der Waals surface area contributed by atoms with Crippen LogP contribution in [0.2, 0.25) is 0 Å². The number of rotatable bonds is 9. The van der Waals surface area contributed by atoms with Gasteiger partial charge in [0.1, 0.15) is 6.54 Å². The van der Waals surface area contributed by atoms with E-state index in [-0.39, 0.29) is 36.8 Å². The molecule has 2 aliphatic rings. The topological polar surface area (TPSA) is 134 Å². The number of ether oxygens (including phenoxy) is 1. The smallest absolute Gasteiger partial charge is 0.322 e. The standard InChI is InChI=1S/C20H23N5O6/c1-3-8-24-15-11-23(12-16(26)21-7-9-31-2)19(27)17(15)18(22-20(24)28)13-5-4-6-14(10-13)25(29)30/h3-6,10,18H,1,7-9,11-12H2,2H3,(H,21,26)(H,22,28)/t18-/m0/s1. The number of hydrogen-bond acceptors (Lipinski definition) is 6. The highest BCUT2D eigenvalue weighted by Gasteiger charge is 2.44. The first-order valence-corrected chi connectivity index (χ1v) is 9.58. The zero-order valence-corrected chi connectivity index (χ0v) is 17.0. The minimum atomic E-state index is -0.863. The lowest BCUT2D eigenvalue weighted by Crippen LogP contribution is -2.47. The van der Waals surface area contributed by atoms with E-state index in [1.54, 1.807) is 6.07 Å². The third-order valence-electron chi connectivity index (χ3n) is 4.99. The number of benzene rings is 1. The minimum absolute atomic E-state index is 0.0680. The number of nitro groups is 1. The molecule has 0 fully saturated rings. The predicted octanol–water partition coefficient (Wildman–Crippen LogP) is 0.706. The van der Waals surface area contributed by atoms with Gasteiger partial charge < -0.3 is 20.3 Å². The summed E-state index contributed by atoms with van der Waals surface area (Å²) in [6.07, 6.45) is 1.53. The van der Waals surface area contributed by atoms with Crippen LogP contribution in [0.4, 0.5) is 10.5 Å². The minimum Gasteiger partial charge on any atom is -0.383 e. The van der Waals surface area contributed by atoms with Crippen LogP contribution in [-0.4, -0.2) is 72.5 Å². The van der Waals surface area contributed by atoms with Crippen molar-refractivity contribution < 1.29 is 24.0 Å². The van der Waals surface area contributed by atoms with E-state index in [1.165, 1.54) is 41.2 Å². The van der Waals surface area contributed by atoms with Crippen molar-refractivity contribution in [1.82, 2.24) is 20.4 Å². The molecule has 0 radical (unpaired) electrons. The van der Waals surface area contributed by atoms with Gasteiger partial charge in [-0.3, -0.25) is 24.6 Å². The molecular weight excluding hydrogens is 406 g/mol. The Bertz CT molecular complexity index is 959. The molecule has 2 aliphatic heterocycles. The van der Waals surface area contributed by atoms with E-state index in [4.69, 9.17) is 4.74 Å². The van der Waals surface area contributed by atoms with Crippen molar-refractivity contribution in [2.24, 2.45) is 0 Å². The maximum Gasteiger partial charge on any atom is 0.322 e. The number of non-ortho nitro benzene ring substituents is 1. The Morgan fingerprint density at radius 3 is 2.90 bits per heavy atom. The molecule has 0 saturated carbocycles. The fourth-order valence-electron chi connectivity index (χ4n) is 3.59. The summed E-state index contributed by atoms with van der Waals surface area (Å²) >= 11 is 0. The third-order valence-corrected chi connectivity index (χ3v) is 4.99. The van der Waals surface area contributed by atoms with Crippen molar-refractivity contribution in [2.75, 3.05) is 39.9 Å². The summed E-state index contributed by atoms with van der Waals surface area (Å²) in [6, 6.07) is 4.45. The number of nitro benzene ring substituents is 1. The third kappa shape index (κ3) is 4.56. The van der Waals surface area contributed by atoms with Crippen molar-refractivity contribution in [2.45, 2.75) is 6.04 Å². The second kappa shape index (κ2) is 9.39. The molecule has 0 saturated heterocycles. The molecule has 0 aromatic heterocycles. The average molecular weight is 429 g/mol. The molecule has 0 unspecified atom stereocenters. The second-order valence-electron chi connectivity index (χ2n) is 7.00. The van der Waals surface area contributed by atoms with E-state index < -0.39 is 22.9 Å². The van der Waals surface area contributed by atoms with Crippen molar-refractivity contribution in [3.8, 4) is 0 Å². The molecule has 0 bridgehead atoms. The Balaban J connectivity index is 1.91. The molecule has 11 nitrogen and oxygen atoms in total. The molecule has 0 aliphatic carbocycles. The molecule has 0 spiro atoms. The lowest BCUT2D eigenvalue weighted by atomic mass is 9.95. The van der Waals surface area contributed by atoms with Crippen LogP contribution < -0.4 is 10.6 Å². The first-order valence-electron chi connectivity index (χ1n) is 9.58. The first-order chi connectivity index (χ1) is 14.9. The number of nitrogens with zero attached hydrogens (tertiary/aromatic N) is 3. The number of carbonyl (C=O) groups excluding carboxylic acids is 3. The SMILES string of the molecule is C=CCN1C(=O)N[C@@H](c2cccc([N+](=O)[O-])c2)C2=C1CN(CC(=O)NCCOC)C2=O. The molecule has 1 aromatic rings. The summed E-state index contributed by atoms with van der Waals surface area (Å²) < 4.78 is 4.89. The number of carbonyl (C=O) groups is 3. The van der Waals surface area contributed by atoms with E-state index in [9.17, 15) is 24.5 Å². The largest absolute Gasteiger partial charge is 0.383 e. The Labute approximate surface area is 178 Å². The molecule has 164 valence electrons. The van der Waals surface area contributed by atoms with Crippen LogP contribution in [0.5, 0.6) is 0 Å². The summed E-state index contributed by atoms with van der Waals surface area (Å²) in [7, 11) is 1.51. The van der Waals surface area contributed by atoms with E-state index in [0.29, 0.717) is 24.4 Å². The van der Waals surface area contributed by atoms with Crippen LogP contribution in [0.3, 0.4) is 0 Å². The first kappa shape index (κ1) is 22.0. The van der Waals surface area contributed by atoms with Gasteiger partial charge in [-0.1, -0.05) is 18.2 Å². The van der Waals surface area contributed by atoms with Gasteiger partial charge in [-0.15, -0.1) is 6.58 Å². The van der Waals surface area contributed by atoms with Gasteiger partial charge in [0.15, 0.2) is 0 Å². The fourth-order valence-corrected chi connectivity index (χ4v) is 3.59. The van der Waals surface area contributed by atoms with Crippen molar-refractivity contribution in [3.05, 3.63) is 63.9 Å². The van der Waals surface area contributed by atoms with Crippen molar-refractivity contribution >= 4 is 23.5 Å². The zero-order valence-electron chi connectivity index (χ0n) is 17.0. The van der Waals surface area contributed by atoms with Crippen LogP contribution in [0.1, 0.15) is 11.6 Å². The van der Waals surface area contributed by atoms with Crippen molar-refractivity contribution in [1.29, 1.82) is 0 Å². The summed E-state index contributed by atoms with van der Waals surface area (Å²) in [5.41, 5.74) is 0.997. The molecule has 31 heavy (non-hydrogen) atoms. The van der Waals surface area contributed by atoms with Crippen LogP contribution >= 0.6 is 0 Å². The fraction of sp³-hybridized carbons (Fsp3) is 0.350.